The highest BCUT2D eigenvalue weighted by molar-refractivity contribution is 6.06. The van der Waals surface area contributed by atoms with Gasteiger partial charge in [-0.3, -0.25) is 9.59 Å². The summed E-state index contributed by atoms with van der Waals surface area (Å²) in [6, 6.07) is 20.0. The highest BCUT2D eigenvalue weighted by atomic mass is 16.5. The molecule has 0 aliphatic rings. The molecule has 0 saturated carbocycles. The molecule has 4 rings (SSSR count). The summed E-state index contributed by atoms with van der Waals surface area (Å²) in [5.74, 6) is 0.636. The van der Waals surface area contributed by atoms with Crippen molar-refractivity contribution in [2.75, 3.05) is 11.9 Å². The Hall–Kier alpha value is -4.19. The van der Waals surface area contributed by atoms with Gasteiger partial charge in [-0.05, 0) is 79.6 Å². The van der Waals surface area contributed by atoms with E-state index in [0.29, 0.717) is 23.7 Å². The molecule has 4 aromatic rings. The van der Waals surface area contributed by atoms with Crippen LogP contribution in [0.4, 0.5) is 5.69 Å². The number of amides is 1. The van der Waals surface area contributed by atoms with Gasteiger partial charge in [-0.1, -0.05) is 24.3 Å². The van der Waals surface area contributed by atoms with Crippen molar-refractivity contribution in [2.45, 2.75) is 13.8 Å². The molecule has 1 heterocycles. The molecular formula is C26H23N3O3. The normalized spacial score (nSPS) is 11.1. The maximum atomic E-state index is 12.5. The number of fused-ring (bicyclic) bond motifs is 1. The number of aryl methyl sites for hydroxylation is 1. The van der Waals surface area contributed by atoms with Crippen LogP contribution < -0.4 is 10.1 Å². The molecule has 32 heavy (non-hydrogen) atoms. The van der Waals surface area contributed by atoms with Crippen LogP contribution in [0.1, 0.15) is 39.0 Å². The van der Waals surface area contributed by atoms with Gasteiger partial charge in [-0.2, -0.15) is 0 Å². The van der Waals surface area contributed by atoms with E-state index in [-0.39, 0.29) is 11.7 Å². The van der Waals surface area contributed by atoms with E-state index in [1.165, 1.54) is 6.08 Å². The van der Waals surface area contributed by atoms with E-state index in [9.17, 15) is 9.59 Å². The lowest BCUT2D eigenvalue weighted by molar-refractivity contribution is 0.102. The van der Waals surface area contributed by atoms with E-state index >= 15 is 0 Å². The Labute approximate surface area is 186 Å². The Balaban J connectivity index is 1.39. The van der Waals surface area contributed by atoms with Crippen LogP contribution in [-0.2, 0) is 0 Å². The van der Waals surface area contributed by atoms with Crippen molar-refractivity contribution in [1.29, 1.82) is 0 Å². The zero-order chi connectivity index (χ0) is 22.5. The summed E-state index contributed by atoms with van der Waals surface area (Å²) in [7, 11) is 0. The lowest BCUT2D eigenvalue weighted by Gasteiger charge is -2.07. The molecular weight excluding hydrogens is 402 g/mol. The quantitative estimate of drug-likeness (QED) is 0.306. The molecule has 0 atom stereocenters. The zero-order valence-electron chi connectivity index (χ0n) is 17.9. The maximum absolute atomic E-state index is 12.5. The first kappa shape index (κ1) is 21.1. The van der Waals surface area contributed by atoms with Gasteiger partial charge in [0.25, 0.3) is 5.91 Å². The summed E-state index contributed by atoms with van der Waals surface area (Å²) < 4.78 is 5.40. The van der Waals surface area contributed by atoms with Gasteiger partial charge in [0.2, 0.25) is 5.78 Å². The molecule has 0 unspecified atom stereocenters. The first-order valence-corrected chi connectivity index (χ1v) is 10.3. The standard InChI is InChI=1S/C26H23N3O3/c1-3-32-21-12-10-20(11-13-21)27-26(31)19-8-5-18(6-9-19)7-15-24(30)25-28-22-14-4-17(2)16-23(22)29-25/h4-16H,3H2,1-2H3,(H,27,31)(H,28,29). The van der Waals surface area contributed by atoms with Crippen molar-refractivity contribution < 1.29 is 14.3 Å². The van der Waals surface area contributed by atoms with Crippen LogP contribution in [-0.4, -0.2) is 28.3 Å². The summed E-state index contributed by atoms with van der Waals surface area (Å²) in [4.78, 5) is 32.3. The van der Waals surface area contributed by atoms with Crippen LogP contribution in [0.2, 0.25) is 0 Å². The summed E-state index contributed by atoms with van der Waals surface area (Å²) in [5.41, 5.74) is 4.72. The number of anilines is 1. The van der Waals surface area contributed by atoms with Crippen molar-refractivity contribution in [2.24, 2.45) is 0 Å². The average molecular weight is 425 g/mol. The Morgan fingerprint density at radius 1 is 1.03 bits per heavy atom. The van der Waals surface area contributed by atoms with Crippen LogP contribution >= 0.6 is 0 Å². The molecule has 0 radical (unpaired) electrons. The Bertz CT molecular complexity index is 1290. The SMILES string of the molecule is CCOc1ccc(NC(=O)c2ccc(C=CC(=O)c3nc4ccc(C)cc4[nH]3)cc2)cc1. The number of rotatable bonds is 7. The van der Waals surface area contributed by atoms with Crippen molar-refractivity contribution in [3.8, 4) is 5.75 Å². The number of nitrogens with zero attached hydrogens (tertiary/aromatic N) is 1. The van der Waals surface area contributed by atoms with Crippen LogP contribution in [0.5, 0.6) is 5.75 Å². The number of carbonyl (C=O) groups is 2. The number of nitrogens with one attached hydrogen (secondary N) is 2. The number of carbonyl (C=O) groups excluding carboxylic acids is 2. The topological polar surface area (TPSA) is 84.1 Å². The average Bonchev–Trinajstić information content (AvgIpc) is 3.22. The Kier molecular flexibility index (Phi) is 6.12. The summed E-state index contributed by atoms with van der Waals surface area (Å²) in [6.07, 6.45) is 3.18. The minimum absolute atomic E-state index is 0.210. The third kappa shape index (κ3) is 4.92. The molecule has 3 aromatic carbocycles. The lowest BCUT2D eigenvalue weighted by Crippen LogP contribution is -2.11. The maximum Gasteiger partial charge on any atom is 0.255 e. The molecule has 2 N–H and O–H groups in total. The van der Waals surface area contributed by atoms with Gasteiger partial charge in [0.1, 0.15) is 5.75 Å². The van der Waals surface area contributed by atoms with Gasteiger partial charge in [0.05, 0.1) is 17.6 Å². The van der Waals surface area contributed by atoms with Gasteiger partial charge in [-0.15, -0.1) is 0 Å². The van der Waals surface area contributed by atoms with E-state index in [4.69, 9.17) is 4.74 Å². The van der Waals surface area contributed by atoms with Gasteiger partial charge in [0, 0.05) is 11.3 Å². The Morgan fingerprint density at radius 3 is 2.50 bits per heavy atom. The van der Waals surface area contributed by atoms with Crippen LogP contribution in [0.3, 0.4) is 0 Å². The summed E-state index contributed by atoms with van der Waals surface area (Å²) in [6.45, 7) is 4.50. The molecule has 0 bridgehead atoms. The summed E-state index contributed by atoms with van der Waals surface area (Å²) in [5, 5.41) is 2.86. The molecule has 0 aliphatic carbocycles. The number of hydrogen-bond acceptors (Lipinski definition) is 4. The number of imidazole rings is 1. The second-order valence-corrected chi connectivity index (χ2v) is 7.34. The predicted molar refractivity (Wildman–Crippen MR) is 126 cm³/mol. The van der Waals surface area contributed by atoms with Gasteiger partial charge >= 0.3 is 0 Å². The van der Waals surface area contributed by atoms with Gasteiger partial charge in [-0.25, -0.2) is 4.98 Å². The number of aromatic amines is 1. The van der Waals surface area contributed by atoms with E-state index < -0.39 is 0 Å². The molecule has 1 amide bonds. The number of hydrogen-bond donors (Lipinski definition) is 2. The minimum Gasteiger partial charge on any atom is -0.494 e. The molecule has 160 valence electrons. The third-order valence-corrected chi connectivity index (χ3v) is 4.89. The fraction of sp³-hybridized carbons (Fsp3) is 0.115. The van der Waals surface area contributed by atoms with Crippen LogP contribution in [0.25, 0.3) is 17.1 Å². The second kappa shape index (κ2) is 9.31. The second-order valence-electron chi connectivity index (χ2n) is 7.34. The molecule has 0 saturated heterocycles. The smallest absolute Gasteiger partial charge is 0.255 e. The molecule has 0 spiro atoms. The Morgan fingerprint density at radius 2 is 1.78 bits per heavy atom. The largest absolute Gasteiger partial charge is 0.494 e. The monoisotopic (exact) mass is 425 g/mol. The van der Waals surface area contributed by atoms with Gasteiger partial charge in [0.15, 0.2) is 5.82 Å². The third-order valence-electron chi connectivity index (χ3n) is 4.89. The zero-order valence-corrected chi connectivity index (χ0v) is 17.9. The predicted octanol–water partition coefficient (Wildman–Crippen LogP) is 5.42. The van der Waals surface area contributed by atoms with E-state index in [1.54, 1.807) is 42.5 Å². The van der Waals surface area contributed by atoms with Gasteiger partial charge < -0.3 is 15.0 Å². The molecule has 0 fully saturated rings. The molecule has 1 aromatic heterocycles. The number of allylic oxidation sites excluding steroid dienone is 1. The van der Waals surface area contributed by atoms with Crippen molar-refractivity contribution in [1.82, 2.24) is 9.97 Å². The molecule has 6 heteroatoms. The fourth-order valence-electron chi connectivity index (χ4n) is 3.24. The first-order chi connectivity index (χ1) is 15.5. The fourth-order valence-corrected chi connectivity index (χ4v) is 3.24. The van der Waals surface area contributed by atoms with E-state index in [1.807, 2.05) is 44.2 Å². The number of ketones is 1. The first-order valence-electron chi connectivity index (χ1n) is 10.3. The molecule has 0 aliphatic heterocycles. The number of H-pyrrole nitrogens is 1. The number of aromatic nitrogens is 2. The minimum atomic E-state index is -0.212. The van der Waals surface area contributed by atoms with Crippen LogP contribution in [0.15, 0.2) is 72.8 Å². The lowest BCUT2D eigenvalue weighted by atomic mass is 10.1. The van der Waals surface area contributed by atoms with Crippen molar-refractivity contribution in [3.63, 3.8) is 0 Å². The van der Waals surface area contributed by atoms with Crippen molar-refractivity contribution in [3.05, 3.63) is 95.3 Å². The summed E-state index contributed by atoms with van der Waals surface area (Å²) >= 11 is 0. The number of ether oxygens (including phenoxy) is 1. The van der Waals surface area contributed by atoms with E-state index in [2.05, 4.69) is 15.3 Å². The highest BCUT2D eigenvalue weighted by Crippen LogP contribution is 2.17. The van der Waals surface area contributed by atoms with E-state index in [0.717, 1.165) is 27.9 Å². The number of benzene rings is 3. The van der Waals surface area contributed by atoms with Crippen LogP contribution in [0, 0.1) is 6.92 Å². The highest BCUT2D eigenvalue weighted by Gasteiger charge is 2.09. The molecule has 6 nitrogen and oxygen atoms in total. The van der Waals surface area contributed by atoms with Crippen molar-refractivity contribution >= 4 is 34.5 Å².